The van der Waals surface area contributed by atoms with Crippen molar-refractivity contribution in [2.45, 2.75) is 69.9 Å². The number of ether oxygens (including phenoxy) is 1. The van der Waals surface area contributed by atoms with Crippen molar-refractivity contribution in [3.63, 3.8) is 0 Å². The summed E-state index contributed by atoms with van der Waals surface area (Å²) in [5.41, 5.74) is 1.64. The van der Waals surface area contributed by atoms with Crippen molar-refractivity contribution < 1.29 is 9.84 Å². The van der Waals surface area contributed by atoms with Crippen molar-refractivity contribution in [1.29, 1.82) is 0 Å². The van der Waals surface area contributed by atoms with Gasteiger partial charge in [-0.25, -0.2) is 0 Å². The first-order valence-electron chi connectivity index (χ1n) is 11.6. The molecule has 2 aliphatic carbocycles. The number of methoxy groups -OCH3 is 1. The van der Waals surface area contributed by atoms with Gasteiger partial charge in [-0.1, -0.05) is 17.7 Å². The van der Waals surface area contributed by atoms with Gasteiger partial charge in [0.25, 0.3) is 0 Å². The van der Waals surface area contributed by atoms with E-state index in [-0.39, 0.29) is 12.4 Å². The summed E-state index contributed by atoms with van der Waals surface area (Å²) in [6.45, 7) is 2.88. The van der Waals surface area contributed by atoms with E-state index in [0.717, 1.165) is 43.6 Å². The second-order valence-corrected chi connectivity index (χ2v) is 10.0. The number of amidine groups is 1. The van der Waals surface area contributed by atoms with Crippen LogP contribution in [0.3, 0.4) is 0 Å². The van der Waals surface area contributed by atoms with Crippen LogP contribution in [0.2, 0.25) is 5.02 Å². The maximum absolute atomic E-state index is 9.95. The number of hydrogen-bond donors (Lipinski definition) is 2. The molecule has 2 N–H and O–H groups in total. The number of aliphatic hydroxyl groups excluding tert-OH is 1. The van der Waals surface area contributed by atoms with E-state index in [1.807, 2.05) is 18.2 Å². The highest BCUT2D eigenvalue weighted by molar-refractivity contribution is 6.32. The second-order valence-electron chi connectivity index (χ2n) is 9.63. The van der Waals surface area contributed by atoms with Crippen molar-refractivity contribution >= 4 is 17.4 Å². The van der Waals surface area contributed by atoms with Gasteiger partial charge in [0.2, 0.25) is 0 Å². The number of hydrogen-bond acceptors (Lipinski definition) is 5. The molecule has 1 saturated heterocycles. The molecule has 31 heavy (non-hydrogen) atoms. The van der Waals surface area contributed by atoms with Gasteiger partial charge in [-0.15, -0.1) is 0 Å². The van der Waals surface area contributed by atoms with E-state index in [9.17, 15) is 5.11 Å². The Kier molecular flexibility index (Phi) is 5.88. The summed E-state index contributed by atoms with van der Waals surface area (Å²) in [4.78, 5) is 9.92. The van der Waals surface area contributed by atoms with Gasteiger partial charge in [-0.3, -0.25) is 9.89 Å². The number of nitrogens with zero attached hydrogens (tertiary/aromatic N) is 3. The molecule has 1 atom stereocenters. The number of aliphatic imine (C=N–C) groups is 1. The summed E-state index contributed by atoms with van der Waals surface area (Å²) in [7, 11) is 1.63. The zero-order chi connectivity index (χ0) is 21.4. The Hall–Kier alpha value is -1.76. The molecule has 5 rings (SSSR count). The quantitative estimate of drug-likeness (QED) is 0.724. The predicted molar refractivity (Wildman–Crippen MR) is 123 cm³/mol. The molecule has 2 heterocycles. The molecular weight excluding hydrogens is 412 g/mol. The van der Waals surface area contributed by atoms with Gasteiger partial charge < -0.3 is 20.1 Å². The molecule has 6 nitrogen and oxygen atoms in total. The Labute approximate surface area is 189 Å². The number of halogens is 1. The summed E-state index contributed by atoms with van der Waals surface area (Å²) < 4.78 is 5.25. The molecule has 1 spiro atoms. The Morgan fingerprint density at radius 2 is 2.03 bits per heavy atom. The molecule has 0 amide bonds. The highest BCUT2D eigenvalue weighted by Gasteiger charge is 2.50. The van der Waals surface area contributed by atoms with Crippen LogP contribution < -0.4 is 10.1 Å². The molecule has 2 aliphatic heterocycles. The minimum Gasteiger partial charge on any atom is -0.495 e. The molecule has 7 heteroatoms. The third kappa shape index (κ3) is 4.57. The molecule has 1 aromatic carbocycles. The van der Waals surface area contributed by atoms with Crippen LogP contribution in [-0.2, 0) is 6.54 Å². The number of rotatable bonds is 5. The Morgan fingerprint density at radius 1 is 1.23 bits per heavy atom. The zero-order valence-corrected chi connectivity index (χ0v) is 19.0. The SMILES string of the molecule is COc1ccc(CN=C2C=CN(C3CCC(O)CC3)C(N3CCC4(CC4)C3)N2)cc1Cl. The Morgan fingerprint density at radius 3 is 2.71 bits per heavy atom. The van der Waals surface area contributed by atoms with Crippen molar-refractivity contribution in [2.75, 3.05) is 20.2 Å². The van der Waals surface area contributed by atoms with E-state index in [1.54, 1.807) is 7.11 Å². The number of aliphatic hydroxyl groups is 1. The minimum atomic E-state index is -0.133. The van der Waals surface area contributed by atoms with E-state index in [2.05, 4.69) is 27.4 Å². The van der Waals surface area contributed by atoms with Crippen LogP contribution in [0.15, 0.2) is 35.5 Å². The summed E-state index contributed by atoms with van der Waals surface area (Å²) in [5, 5.41) is 14.3. The van der Waals surface area contributed by atoms with Gasteiger partial charge in [-0.2, -0.15) is 0 Å². The lowest BCUT2D eigenvalue weighted by Gasteiger charge is -2.46. The fourth-order valence-corrected chi connectivity index (χ4v) is 5.58. The van der Waals surface area contributed by atoms with Crippen molar-refractivity contribution in [2.24, 2.45) is 10.4 Å². The largest absolute Gasteiger partial charge is 0.495 e. The summed E-state index contributed by atoms with van der Waals surface area (Å²) in [5.74, 6) is 1.60. The maximum atomic E-state index is 9.95. The molecule has 0 radical (unpaired) electrons. The molecule has 0 aromatic heterocycles. The topological polar surface area (TPSA) is 60.3 Å². The monoisotopic (exact) mass is 444 g/mol. The number of likely N-dealkylation sites (tertiary alicyclic amines) is 1. The fourth-order valence-electron chi connectivity index (χ4n) is 5.30. The molecule has 4 aliphatic rings. The van der Waals surface area contributed by atoms with Crippen LogP contribution in [0.4, 0.5) is 0 Å². The van der Waals surface area contributed by atoms with Crippen LogP contribution in [0.1, 0.15) is 50.5 Å². The van der Waals surface area contributed by atoms with Crippen molar-refractivity contribution in [3.05, 3.63) is 41.1 Å². The van der Waals surface area contributed by atoms with Crippen LogP contribution in [0.25, 0.3) is 0 Å². The fraction of sp³-hybridized carbons (Fsp3) is 0.625. The van der Waals surface area contributed by atoms with Crippen molar-refractivity contribution in [1.82, 2.24) is 15.1 Å². The van der Waals surface area contributed by atoms with Crippen molar-refractivity contribution in [3.8, 4) is 5.75 Å². The second kappa shape index (κ2) is 8.64. The van der Waals surface area contributed by atoms with E-state index in [1.165, 1.54) is 25.8 Å². The van der Waals surface area contributed by atoms with Gasteiger partial charge in [0, 0.05) is 25.3 Å². The first kappa shape index (κ1) is 21.1. The van der Waals surface area contributed by atoms with Crippen LogP contribution in [0.5, 0.6) is 5.75 Å². The van der Waals surface area contributed by atoms with Crippen LogP contribution in [0, 0.1) is 5.41 Å². The van der Waals surface area contributed by atoms with Gasteiger partial charge in [0.1, 0.15) is 11.6 Å². The summed E-state index contributed by atoms with van der Waals surface area (Å²) in [6.07, 6.45) is 12.3. The zero-order valence-electron chi connectivity index (χ0n) is 18.3. The van der Waals surface area contributed by atoms with E-state index < -0.39 is 0 Å². The van der Waals surface area contributed by atoms with Gasteiger partial charge in [0.15, 0.2) is 6.29 Å². The van der Waals surface area contributed by atoms with E-state index >= 15 is 0 Å². The smallest absolute Gasteiger partial charge is 0.159 e. The average Bonchev–Trinajstić information content (AvgIpc) is 3.41. The maximum Gasteiger partial charge on any atom is 0.159 e. The number of benzene rings is 1. The summed E-state index contributed by atoms with van der Waals surface area (Å²) >= 11 is 6.27. The first-order valence-corrected chi connectivity index (χ1v) is 11.9. The molecule has 2 saturated carbocycles. The minimum absolute atomic E-state index is 0.133. The highest BCUT2D eigenvalue weighted by atomic mass is 35.5. The predicted octanol–water partition coefficient (Wildman–Crippen LogP) is 3.74. The van der Waals surface area contributed by atoms with Gasteiger partial charge in [0.05, 0.1) is 24.8 Å². The molecule has 0 bridgehead atoms. The van der Waals surface area contributed by atoms with E-state index in [0.29, 0.717) is 28.8 Å². The highest BCUT2D eigenvalue weighted by Crippen LogP contribution is 2.53. The lowest BCUT2D eigenvalue weighted by Crippen LogP contribution is -2.61. The van der Waals surface area contributed by atoms with Crippen LogP contribution >= 0.6 is 11.6 Å². The lowest BCUT2D eigenvalue weighted by atomic mass is 9.92. The molecule has 168 valence electrons. The molecular formula is C24H33ClN4O2. The first-order chi connectivity index (χ1) is 15.0. The van der Waals surface area contributed by atoms with Crippen LogP contribution in [-0.4, -0.2) is 59.4 Å². The van der Waals surface area contributed by atoms with Gasteiger partial charge >= 0.3 is 0 Å². The number of nitrogens with one attached hydrogen (secondary N) is 1. The standard InChI is InChI=1S/C24H33ClN4O2/c1-31-21-7-2-17(14-20(21)25)15-26-22-8-12-29(18-3-5-19(30)6-4-18)23(27-22)28-13-11-24(16-28)9-10-24/h2,7-8,12,14,18-19,23,30H,3-6,9-11,13,15-16H2,1H3,(H,26,27). The van der Waals surface area contributed by atoms with Gasteiger partial charge in [-0.05, 0) is 74.1 Å². The average molecular weight is 445 g/mol. The normalized spacial score (nSPS) is 31.3. The Balaban J connectivity index is 1.32. The Bertz CT molecular complexity index is 861. The lowest BCUT2D eigenvalue weighted by molar-refractivity contribution is 0.0152. The molecule has 1 aromatic rings. The third-order valence-electron chi connectivity index (χ3n) is 7.47. The molecule has 1 unspecified atom stereocenters. The molecule has 3 fully saturated rings. The third-order valence-corrected chi connectivity index (χ3v) is 7.77. The van der Waals surface area contributed by atoms with E-state index in [4.69, 9.17) is 21.3 Å². The summed E-state index contributed by atoms with van der Waals surface area (Å²) in [6, 6.07) is 6.29.